The summed E-state index contributed by atoms with van der Waals surface area (Å²) in [5.41, 5.74) is 2.31. The molecule has 156 valence electrons. The highest BCUT2D eigenvalue weighted by Gasteiger charge is 2.21. The zero-order valence-electron chi connectivity index (χ0n) is 17.8. The summed E-state index contributed by atoms with van der Waals surface area (Å²) in [5, 5.41) is 0.593. The Morgan fingerprint density at radius 2 is 1.83 bits per heavy atom. The number of aromatic nitrogens is 2. The predicted molar refractivity (Wildman–Crippen MR) is 120 cm³/mol. The summed E-state index contributed by atoms with van der Waals surface area (Å²) in [6.07, 6.45) is 5.21. The number of hydrogen-bond acceptors (Lipinski definition) is 3. The van der Waals surface area contributed by atoms with Crippen LogP contribution < -0.4 is 5.56 Å². The maximum atomic E-state index is 13.3. The van der Waals surface area contributed by atoms with E-state index < -0.39 is 0 Å². The van der Waals surface area contributed by atoms with Crippen LogP contribution in [-0.2, 0) is 19.5 Å². The minimum atomic E-state index is -0.0376. The van der Waals surface area contributed by atoms with Gasteiger partial charge in [0.05, 0.1) is 10.9 Å². The Kier molecular flexibility index (Phi) is 5.98. The van der Waals surface area contributed by atoms with Crippen LogP contribution in [0.15, 0.2) is 53.3 Å². The normalized spacial score (nSPS) is 14.2. The Labute approximate surface area is 177 Å². The first-order chi connectivity index (χ1) is 14.5. The van der Waals surface area contributed by atoms with Crippen molar-refractivity contribution in [3.05, 3.63) is 75.8 Å². The molecule has 0 bridgehead atoms. The molecule has 3 aromatic rings. The van der Waals surface area contributed by atoms with Crippen molar-refractivity contribution >= 4 is 16.8 Å². The molecule has 5 heteroatoms. The molecule has 5 nitrogen and oxygen atoms in total. The summed E-state index contributed by atoms with van der Waals surface area (Å²) in [4.78, 5) is 33.0. The molecule has 0 fully saturated rings. The fourth-order valence-electron chi connectivity index (χ4n) is 4.16. The van der Waals surface area contributed by atoms with Gasteiger partial charge in [-0.05, 0) is 50.5 Å². The molecule has 2 heterocycles. The lowest BCUT2D eigenvalue weighted by atomic mass is 10.1. The second-order valence-electron chi connectivity index (χ2n) is 8.39. The number of carbonyl (C=O) groups excluding carboxylic acids is 1. The molecule has 30 heavy (non-hydrogen) atoms. The third-order valence-electron chi connectivity index (χ3n) is 5.89. The second-order valence-corrected chi connectivity index (χ2v) is 8.39. The maximum Gasteiger partial charge on any atom is 0.261 e. The van der Waals surface area contributed by atoms with Gasteiger partial charge in [-0.25, -0.2) is 4.98 Å². The number of aryl methyl sites for hydroxylation is 1. The largest absolute Gasteiger partial charge is 0.332 e. The van der Waals surface area contributed by atoms with Gasteiger partial charge in [0.1, 0.15) is 5.82 Å². The van der Waals surface area contributed by atoms with Crippen LogP contribution in [0.25, 0.3) is 10.9 Å². The average Bonchev–Trinajstić information content (AvgIpc) is 2.73. The highest BCUT2D eigenvalue weighted by Crippen LogP contribution is 2.19. The number of carbonyl (C=O) groups is 1. The highest BCUT2D eigenvalue weighted by molar-refractivity contribution is 5.97. The monoisotopic (exact) mass is 403 g/mol. The summed E-state index contributed by atoms with van der Waals surface area (Å²) >= 11 is 0. The Hall–Kier alpha value is -2.95. The molecule has 0 saturated heterocycles. The third-order valence-corrected chi connectivity index (χ3v) is 5.89. The first-order valence-corrected chi connectivity index (χ1v) is 10.9. The fraction of sp³-hybridized carbons (Fsp3) is 0.400. The van der Waals surface area contributed by atoms with E-state index in [9.17, 15) is 9.59 Å². The van der Waals surface area contributed by atoms with Crippen molar-refractivity contribution in [1.29, 1.82) is 0 Å². The van der Waals surface area contributed by atoms with Gasteiger partial charge in [-0.3, -0.25) is 14.2 Å². The second kappa shape index (κ2) is 8.82. The quantitative estimate of drug-likeness (QED) is 0.641. The minimum Gasteiger partial charge on any atom is -0.332 e. The van der Waals surface area contributed by atoms with Crippen LogP contribution in [0.5, 0.6) is 0 Å². The fourth-order valence-corrected chi connectivity index (χ4v) is 4.16. The molecule has 1 aliphatic heterocycles. The van der Waals surface area contributed by atoms with Gasteiger partial charge < -0.3 is 4.90 Å². The Bertz CT molecular complexity index is 1100. The Balaban J connectivity index is 1.70. The number of benzene rings is 2. The highest BCUT2D eigenvalue weighted by atomic mass is 16.2. The van der Waals surface area contributed by atoms with E-state index in [2.05, 4.69) is 0 Å². The molecule has 0 unspecified atom stereocenters. The topological polar surface area (TPSA) is 55.2 Å². The van der Waals surface area contributed by atoms with Crippen LogP contribution in [0.1, 0.15) is 61.3 Å². The number of amides is 1. The van der Waals surface area contributed by atoms with Crippen LogP contribution in [0, 0.1) is 0 Å². The summed E-state index contributed by atoms with van der Waals surface area (Å²) in [6.45, 7) is 5.33. The van der Waals surface area contributed by atoms with E-state index in [0.29, 0.717) is 23.0 Å². The molecule has 1 aromatic heterocycles. The summed E-state index contributed by atoms with van der Waals surface area (Å²) in [6, 6.07) is 15.4. The summed E-state index contributed by atoms with van der Waals surface area (Å²) in [5.74, 6) is 0.811. The molecular formula is C25H29N3O2. The smallest absolute Gasteiger partial charge is 0.261 e. The zero-order chi connectivity index (χ0) is 21.1. The van der Waals surface area contributed by atoms with Crippen LogP contribution in [0.2, 0.25) is 0 Å². The molecule has 1 amide bonds. The third kappa shape index (κ3) is 4.16. The molecule has 0 N–H and O–H groups in total. The number of fused-ring (bicyclic) bond motifs is 2. The van der Waals surface area contributed by atoms with Gasteiger partial charge in [-0.1, -0.05) is 43.2 Å². The van der Waals surface area contributed by atoms with Crippen molar-refractivity contribution in [2.24, 2.45) is 0 Å². The van der Waals surface area contributed by atoms with E-state index in [4.69, 9.17) is 4.98 Å². The minimum absolute atomic E-state index is 0.0147. The van der Waals surface area contributed by atoms with Gasteiger partial charge in [0.15, 0.2) is 0 Å². The number of rotatable bonds is 4. The van der Waals surface area contributed by atoms with Crippen molar-refractivity contribution in [3.63, 3.8) is 0 Å². The summed E-state index contributed by atoms with van der Waals surface area (Å²) in [7, 11) is 0. The van der Waals surface area contributed by atoms with Gasteiger partial charge in [-0.15, -0.1) is 0 Å². The molecule has 2 aromatic carbocycles. The molecule has 0 aliphatic carbocycles. The van der Waals surface area contributed by atoms with E-state index in [-0.39, 0.29) is 17.5 Å². The molecule has 0 spiro atoms. The van der Waals surface area contributed by atoms with Crippen LogP contribution in [0.4, 0.5) is 0 Å². The van der Waals surface area contributed by atoms with E-state index in [1.54, 1.807) is 18.2 Å². The lowest BCUT2D eigenvalue weighted by Crippen LogP contribution is -2.36. The Morgan fingerprint density at radius 1 is 1.07 bits per heavy atom. The van der Waals surface area contributed by atoms with Crippen molar-refractivity contribution in [1.82, 2.24) is 14.5 Å². The summed E-state index contributed by atoms with van der Waals surface area (Å²) < 4.78 is 1.83. The number of nitrogens with zero attached hydrogens (tertiary/aromatic N) is 3. The van der Waals surface area contributed by atoms with E-state index in [0.717, 1.165) is 43.6 Å². The van der Waals surface area contributed by atoms with E-state index in [1.165, 1.54) is 6.42 Å². The van der Waals surface area contributed by atoms with E-state index >= 15 is 0 Å². The number of hydrogen-bond donors (Lipinski definition) is 0. The molecule has 0 atom stereocenters. The van der Waals surface area contributed by atoms with Crippen molar-refractivity contribution in [3.8, 4) is 0 Å². The van der Waals surface area contributed by atoms with E-state index in [1.807, 2.05) is 53.6 Å². The lowest BCUT2D eigenvalue weighted by molar-refractivity contribution is 0.0690. The SMILES string of the molecule is CC(C)N(Cc1ccccc1)C(=O)c1ccc2c(=O)n3c(nc2c1)CCCCCC3. The average molecular weight is 404 g/mol. The predicted octanol–water partition coefficient (Wildman–Crippen LogP) is 4.56. The van der Waals surface area contributed by atoms with Crippen molar-refractivity contribution in [2.45, 2.75) is 65.1 Å². The van der Waals surface area contributed by atoms with Gasteiger partial charge in [0, 0.05) is 31.1 Å². The lowest BCUT2D eigenvalue weighted by Gasteiger charge is -2.27. The van der Waals surface area contributed by atoms with Crippen LogP contribution in [-0.4, -0.2) is 26.4 Å². The van der Waals surface area contributed by atoms with Crippen LogP contribution >= 0.6 is 0 Å². The van der Waals surface area contributed by atoms with Gasteiger partial charge in [0.25, 0.3) is 11.5 Å². The molecule has 0 radical (unpaired) electrons. The maximum absolute atomic E-state index is 13.3. The standard InChI is InChI=1S/C25H29N3O2/c1-18(2)28(17-19-10-6-5-7-11-19)24(29)20-13-14-21-22(16-20)26-23-12-8-3-4-9-15-27(23)25(21)30/h5-7,10-11,13-14,16,18H,3-4,8-9,12,15,17H2,1-2H3. The van der Waals surface area contributed by atoms with Crippen molar-refractivity contribution < 1.29 is 4.79 Å². The van der Waals surface area contributed by atoms with Gasteiger partial charge >= 0.3 is 0 Å². The van der Waals surface area contributed by atoms with Crippen molar-refractivity contribution in [2.75, 3.05) is 0 Å². The molecular weight excluding hydrogens is 374 g/mol. The molecule has 1 aliphatic rings. The molecule has 0 saturated carbocycles. The Morgan fingerprint density at radius 3 is 2.60 bits per heavy atom. The van der Waals surface area contributed by atoms with Gasteiger partial charge in [0.2, 0.25) is 0 Å². The van der Waals surface area contributed by atoms with Crippen LogP contribution in [0.3, 0.4) is 0 Å². The first kappa shape index (κ1) is 20.3. The zero-order valence-corrected chi connectivity index (χ0v) is 17.8. The van der Waals surface area contributed by atoms with Gasteiger partial charge in [-0.2, -0.15) is 0 Å². The first-order valence-electron chi connectivity index (χ1n) is 10.9. The molecule has 4 rings (SSSR count).